The Morgan fingerprint density at radius 3 is 2.84 bits per heavy atom. The first-order chi connectivity index (χ1) is 12.0. The minimum atomic E-state index is -0.115. The van der Waals surface area contributed by atoms with Gasteiger partial charge in [-0.25, -0.2) is 0 Å². The van der Waals surface area contributed by atoms with Crippen molar-refractivity contribution in [1.29, 1.82) is 0 Å². The zero-order valence-electron chi connectivity index (χ0n) is 13.9. The number of hydrogen-bond donors (Lipinski definition) is 0. The van der Waals surface area contributed by atoms with Crippen molar-refractivity contribution in [3.8, 4) is 5.75 Å². The molecule has 128 valence electrons. The van der Waals surface area contributed by atoms with Crippen molar-refractivity contribution in [2.75, 3.05) is 0 Å². The minimum Gasteiger partial charge on any atom is -0.484 e. The SMILES string of the molecule is Cc1nn(C)cc1C(=O)C=Cc1ccc(COc2ccccc2Cl)o1. The summed E-state index contributed by atoms with van der Waals surface area (Å²) in [5.41, 5.74) is 1.28. The van der Waals surface area contributed by atoms with Crippen LogP contribution in [-0.2, 0) is 13.7 Å². The smallest absolute Gasteiger partial charge is 0.189 e. The summed E-state index contributed by atoms with van der Waals surface area (Å²) in [5.74, 6) is 1.70. The Morgan fingerprint density at radius 2 is 2.12 bits per heavy atom. The van der Waals surface area contributed by atoms with E-state index in [9.17, 15) is 4.79 Å². The largest absolute Gasteiger partial charge is 0.484 e. The number of aryl methyl sites for hydroxylation is 2. The number of benzene rings is 1. The van der Waals surface area contributed by atoms with Crippen molar-refractivity contribution in [2.45, 2.75) is 13.5 Å². The summed E-state index contributed by atoms with van der Waals surface area (Å²) >= 11 is 6.04. The van der Waals surface area contributed by atoms with E-state index in [0.717, 1.165) is 0 Å². The average Bonchev–Trinajstić information content (AvgIpc) is 3.18. The van der Waals surface area contributed by atoms with Crippen molar-refractivity contribution in [2.24, 2.45) is 7.05 Å². The molecule has 0 fully saturated rings. The van der Waals surface area contributed by atoms with Gasteiger partial charge in [0.1, 0.15) is 23.9 Å². The highest BCUT2D eigenvalue weighted by molar-refractivity contribution is 6.32. The van der Waals surface area contributed by atoms with Crippen molar-refractivity contribution in [3.63, 3.8) is 0 Å². The van der Waals surface area contributed by atoms with Crippen LogP contribution in [0.1, 0.15) is 27.6 Å². The summed E-state index contributed by atoms with van der Waals surface area (Å²) < 4.78 is 12.9. The molecule has 0 amide bonds. The average molecular weight is 357 g/mol. The predicted octanol–water partition coefficient (Wildman–Crippen LogP) is 4.45. The summed E-state index contributed by atoms with van der Waals surface area (Å²) in [5, 5.41) is 4.71. The molecule has 0 saturated carbocycles. The Balaban J connectivity index is 1.62. The maximum atomic E-state index is 12.2. The van der Waals surface area contributed by atoms with Crippen LogP contribution in [0.5, 0.6) is 5.75 Å². The first kappa shape index (κ1) is 17.0. The van der Waals surface area contributed by atoms with E-state index in [1.54, 1.807) is 55.2 Å². The lowest BCUT2D eigenvalue weighted by atomic mass is 10.1. The number of halogens is 1. The van der Waals surface area contributed by atoms with Gasteiger partial charge in [-0.2, -0.15) is 5.10 Å². The molecule has 0 aliphatic rings. The Hall–Kier alpha value is -2.79. The third-order valence-corrected chi connectivity index (χ3v) is 3.88. The Kier molecular flexibility index (Phi) is 5.05. The molecule has 3 rings (SSSR count). The summed E-state index contributed by atoms with van der Waals surface area (Å²) in [6.07, 6.45) is 4.81. The molecular weight excluding hydrogens is 340 g/mol. The highest BCUT2D eigenvalue weighted by Crippen LogP contribution is 2.24. The second-order valence-electron chi connectivity index (χ2n) is 5.52. The lowest BCUT2D eigenvalue weighted by Crippen LogP contribution is -1.94. The van der Waals surface area contributed by atoms with Gasteiger partial charge in [-0.05, 0) is 43.3 Å². The number of carbonyl (C=O) groups is 1. The van der Waals surface area contributed by atoms with Gasteiger partial charge in [-0.3, -0.25) is 9.48 Å². The van der Waals surface area contributed by atoms with Gasteiger partial charge in [0, 0.05) is 13.2 Å². The monoisotopic (exact) mass is 356 g/mol. The van der Waals surface area contributed by atoms with E-state index in [0.29, 0.717) is 33.6 Å². The van der Waals surface area contributed by atoms with E-state index < -0.39 is 0 Å². The number of ketones is 1. The number of hydrogen-bond acceptors (Lipinski definition) is 4. The maximum Gasteiger partial charge on any atom is 0.189 e. The molecule has 0 atom stereocenters. The van der Waals surface area contributed by atoms with Gasteiger partial charge in [-0.1, -0.05) is 23.7 Å². The molecule has 0 unspecified atom stereocenters. The number of furan rings is 1. The number of ether oxygens (including phenoxy) is 1. The Bertz CT molecular complexity index is 924. The zero-order valence-corrected chi connectivity index (χ0v) is 14.7. The number of para-hydroxylation sites is 1. The molecule has 1 aromatic carbocycles. The van der Waals surface area contributed by atoms with Gasteiger partial charge in [-0.15, -0.1) is 0 Å². The number of rotatable bonds is 6. The van der Waals surface area contributed by atoms with Crippen LogP contribution in [0.3, 0.4) is 0 Å². The second kappa shape index (κ2) is 7.40. The van der Waals surface area contributed by atoms with Crippen LogP contribution < -0.4 is 4.74 Å². The molecule has 25 heavy (non-hydrogen) atoms. The van der Waals surface area contributed by atoms with E-state index in [4.69, 9.17) is 20.8 Å². The topological polar surface area (TPSA) is 57.3 Å². The van der Waals surface area contributed by atoms with Gasteiger partial charge < -0.3 is 9.15 Å². The molecule has 0 radical (unpaired) electrons. The molecule has 6 heteroatoms. The lowest BCUT2D eigenvalue weighted by molar-refractivity contribution is 0.104. The van der Waals surface area contributed by atoms with Crippen LogP contribution in [0, 0.1) is 6.92 Å². The fourth-order valence-corrected chi connectivity index (χ4v) is 2.55. The molecule has 0 saturated heterocycles. The predicted molar refractivity (Wildman–Crippen MR) is 95.8 cm³/mol. The number of nitrogens with zero attached hydrogens (tertiary/aromatic N) is 2. The van der Waals surface area contributed by atoms with Crippen molar-refractivity contribution >= 4 is 23.5 Å². The van der Waals surface area contributed by atoms with Crippen molar-refractivity contribution < 1.29 is 13.9 Å². The van der Waals surface area contributed by atoms with E-state index in [1.165, 1.54) is 6.08 Å². The fourth-order valence-electron chi connectivity index (χ4n) is 2.36. The third-order valence-electron chi connectivity index (χ3n) is 3.57. The quantitative estimate of drug-likeness (QED) is 0.483. The molecule has 0 N–H and O–H groups in total. The van der Waals surface area contributed by atoms with Crippen molar-refractivity contribution in [1.82, 2.24) is 9.78 Å². The van der Waals surface area contributed by atoms with Crippen molar-refractivity contribution in [3.05, 3.63) is 76.5 Å². The summed E-state index contributed by atoms with van der Waals surface area (Å²) in [4.78, 5) is 12.2. The Labute approximate surface area is 150 Å². The summed E-state index contributed by atoms with van der Waals surface area (Å²) in [6, 6.07) is 10.8. The molecule has 0 aliphatic carbocycles. The van der Waals surface area contributed by atoms with E-state index in [2.05, 4.69) is 5.10 Å². The summed E-state index contributed by atoms with van der Waals surface area (Å²) in [6.45, 7) is 2.06. The minimum absolute atomic E-state index is 0.115. The van der Waals surface area contributed by atoms with Crippen LogP contribution in [0.4, 0.5) is 0 Å². The number of carbonyl (C=O) groups excluding carboxylic acids is 1. The zero-order chi connectivity index (χ0) is 17.8. The van der Waals surface area contributed by atoms with Crippen LogP contribution in [-0.4, -0.2) is 15.6 Å². The number of aromatic nitrogens is 2. The summed E-state index contributed by atoms with van der Waals surface area (Å²) in [7, 11) is 1.78. The highest BCUT2D eigenvalue weighted by atomic mass is 35.5. The first-order valence-corrected chi connectivity index (χ1v) is 8.09. The van der Waals surface area contributed by atoms with E-state index >= 15 is 0 Å². The molecule has 3 aromatic rings. The molecule has 0 bridgehead atoms. The standard InChI is InChI=1S/C19H17ClN2O3/c1-13-16(11-22(2)21-13)18(23)10-9-14-7-8-15(25-14)12-24-19-6-4-3-5-17(19)20/h3-11H,12H2,1-2H3. The van der Waals surface area contributed by atoms with Gasteiger partial charge in [0.2, 0.25) is 0 Å². The lowest BCUT2D eigenvalue weighted by Gasteiger charge is -2.05. The van der Waals surface area contributed by atoms with Gasteiger partial charge in [0.05, 0.1) is 16.3 Å². The van der Waals surface area contributed by atoms with Crippen LogP contribution in [0.2, 0.25) is 5.02 Å². The molecular formula is C19H17ClN2O3. The van der Waals surface area contributed by atoms with E-state index in [-0.39, 0.29) is 12.4 Å². The molecule has 5 nitrogen and oxygen atoms in total. The van der Waals surface area contributed by atoms with Gasteiger partial charge in [0.15, 0.2) is 5.78 Å². The molecule has 2 heterocycles. The molecule has 2 aromatic heterocycles. The highest BCUT2D eigenvalue weighted by Gasteiger charge is 2.10. The number of allylic oxidation sites excluding steroid dienone is 1. The molecule has 0 spiro atoms. The van der Waals surface area contributed by atoms with Crippen LogP contribution in [0.25, 0.3) is 6.08 Å². The van der Waals surface area contributed by atoms with Gasteiger partial charge >= 0.3 is 0 Å². The van der Waals surface area contributed by atoms with Crippen LogP contribution in [0.15, 0.2) is 53.1 Å². The normalized spacial score (nSPS) is 11.2. The van der Waals surface area contributed by atoms with E-state index in [1.807, 2.05) is 12.1 Å². The maximum absolute atomic E-state index is 12.2. The Morgan fingerprint density at radius 1 is 1.32 bits per heavy atom. The van der Waals surface area contributed by atoms with Crippen LogP contribution >= 0.6 is 11.6 Å². The first-order valence-electron chi connectivity index (χ1n) is 7.71. The fraction of sp³-hybridized carbons (Fsp3) is 0.158. The second-order valence-corrected chi connectivity index (χ2v) is 5.93. The third kappa shape index (κ3) is 4.19. The molecule has 0 aliphatic heterocycles. The van der Waals surface area contributed by atoms with Gasteiger partial charge in [0.25, 0.3) is 0 Å².